The standard InChI is InChI=1S/C17H31N3O/c1-4-19(14-7-8-14)11-12-20-15(13(2)3)18-17(16(20)21)9-5-6-10-17/h13-15,18H,4-12H2,1-3H3. The number of hydrogen-bond donors (Lipinski definition) is 1. The van der Waals surface area contributed by atoms with Crippen LogP contribution in [0.15, 0.2) is 0 Å². The van der Waals surface area contributed by atoms with Gasteiger partial charge in [0.25, 0.3) is 0 Å². The average molecular weight is 293 g/mol. The van der Waals surface area contributed by atoms with Crippen LogP contribution in [-0.2, 0) is 4.79 Å². The normalized spacial score (nSPS) is 28.5. The van der Waals surface area contributed by atoms with Crippen LogP contribution in [0.2, 0.25) is 0 Å². The fraction of sp³-hybridized carbons (Fsp3) is 0.941. The minimum atomic E-state index is -0.217. The molecule has 1 saturated heterocycles. The molecule has 3 aliphatic rings. The van der Waals surface area contributed by atoms with Gasteiger partial charge in [-0.25, -0.2) is 0 Å². The minimum absolute atomic E-state index is 0.217. The number of carbonyl (C=O) groups is 1. The van der Waals surface area contributed by atoms with Crippen molar-refractivity contribution >= 4 is 5.91 Å². The molecule has 21 heavy (non-hydrogen) atoms. The summed E-state index contributed by atoms with van der Waals surface area (Å²) in [5.74, 6) is 0.857. The summed E-state index contributed by atoms with van der Waals surface area (Å²) in [7, 11) is 0. The fourth-order valence-electron chi connectivity index (χ4n) is 4.20. The third-order valence-corrected chi connectivity index (χ3v) is 5.62. The Bertz CT molecular complexity index is 385. The van der Waals surface area contributed by atoms with E-state index in [0.29, 0.717) is 11.8 Å². The van der Waals surface area contributed by atoms with Gasteiger partial charge in [0, 0.05) is 19.1 Å². The van der Waals surface area contributed by atoms with Gasteiger partial charge in [-0.3, -0.25) is 15.0 Å². The average Bonchev–Trinajstić information content (AvgIpc) is 3.12. The van der Waals surface area contributed by atoms with Crippen molar-refractivity contribution in [1.29, 1.82) is 0 Å². The van der Waals surface area contributed by atoms with Gasteiger partial charge < -0.3 is 4.90 Å². The zero-order valence-electron chi connectivity index (χ0n) is 13.9. The van der Waals surface area contributed by atoms with Gasteiger partial charge in [0.15, 0.2) is 0 Å². The second-order valence-corrected chi connectivity index (χ2v) is 7.48. The summed E-state index contributed by atoms with van der Waals surface area (Å²) in [6, 6.07) is 0.790. The lowest BCUT2D eigenvalue weighted by molar-refractivity contribution is -0.133. The van der Waals surface area contributed by atoms with E-state index in [4.69, 9.17) is 0 Å². The first kappa shape index (κ1) is 15.3. The Kier molecular flexibility index (Phi) is 4.28. The summed E-state index contributed by atoms with van der Waals surface area (Å²) in [5.41, 5.74) is -0.217. The molecule has 0 radical (unpaired) electrons. The van der Waals surface area contributed by atoms with Gasteiger partial charge in [0.05, 0.1) is 11.7 Å². The molecule has 1 atom stereocenters. The molecule has 120 valence electrons. The van der Waals surface area contributed by atoms with Crippen LogP contribution < -0.4 is 5.32 Å². The van der Waals surface area contributed by atoms with Crippen LogP contribution in [0.5, 0.6) is 0 Å². The van der Waals surface area contributed by atoms with Crippen molar-refractivity contribution in [3.63, 3.8) is 0 Å². The van der Waals surface area contributed by atoms with Gasteiger partial charge in [0.1, 0.15) is 0 Å². The molecule has 1 heterocycles. The van der Waals surface area contributed by atoms with Crippen LogP contribution in [0.25, 0.3) is 0 Å². The second-order valence-electron chi connectivity index (χ2n) is 7.48. The highest BCUT2D eigenvalue weighted by Crippen LogP contribution is 2.38. The van der Waals surface area contributed by atoms with E-state index < -0.39 is 0 Å². The largest absolute Gasteiger partial charge is 0.324 e. The van der Waals surface area contributed by atoms with Crippen molar-refractivity contribution in [3.05, 3.63) is 0 Å². The van der Waals surface area contributed by atoms with E-state index in [1.807, 2.05) is 0 Å². The molecule has 2 aliphatic carbocycles. The molecule has 4 nitrogen and oxygen atoms in total. The Balaban J connectivity index is 1.67. The van der Waals surface area contributed by atoms with E-state index in [-0.39, 0.29) is 11.7 Å². The lowest BCUT2D eigenvalue weighted by Crippen LogP contribution is -2.46. The Morgan fingerprint density at radius 3 is 2.52 bits per heavy atom. The molecule has 3 rings (SSSR count). The van der Waals surface area contributed by atoms with Crippen LogP contribution >= 0.6 is 0 Å². The molecule has 0 aromatic carbocycles. The molecule has 1 N–H and O–H groups in total. The second kappa shape index (κ2) is 5.88. The Labute approximate surface area is 129 Å². The van der Waals surface area contributed by atoms with Gasteiger partial charge in [-0.05, 0) is 38.1 Å². The molecule has 2 saturated carbocycles. The van der Waals surface area contributed by atoms with Crippen LogP contribution in [0, 0.1) is 5.92 Å². The SMILES string of the molecule is CCN(CCN1C(=O)C2(CCCC2)NC1C(C)C)C1CC1. The third kappa shape index (κ3) is 2.85. The summed E-state index contributed by atoms with van der Waals surface area (Å²) in [6.07, 6.45) is 7.38. The molecular formula is C17H31N3O. The van der Waals surface area contributed by atoms with E-state index in [1.165, 1.54) is 25.7 Å². The zero-order chi connectivity index (χ0) is 15.0. The summed E-state index contributed by atoms with van der Waals surface area (Å²) in [6.45, 7) is 9.72. The maximum Gasteiger partial charge on any atom is 0.244 e. The smallest absolute Gasteiger partial charge is 0.244 e. The topological polar surface area (TPSA) is 35.6 Å². The maximum absolute atomic E-state index is 13.0. The molecule has 1 unspecified atom stereocenters. The molecule has 1 amide bonds. The van der Waals surface area contributed by atoms with Crippen molar-refractivity contribution in [2.75, 3.05) is 19.6 Å². The first-order valence-corrected chi connectivity index (χ1v) is 8.90. The molecule has 0 aromatic rings. The van der Waals surface area contributed by atoms with Crippen LogP contribution in [-0.4, -0.2) is 53.1 Å². The van der Waals surface area contributed by atoms with Gasteiger partial charge in [-0.2, -0.15) is 0 Å². The summed E-state index contributed by atoms with van der Waals surface area (Å²) in [4.78, 5) is 17.7. The molecule has 4 heteroatoms. The zero-order valence-corrected chi connectivity index (χ0v) is 13.9. The van der Waals surface area contributed by atoms with Crippen molar-refractivity contribution in [3.8, 4) is 0 Å². The molecule has 1 aliphatic heterocycles. The first-order chi connectivity index (χ1) is 10.1. The van der Waals surface area contributed by atoms with Crippen molar-refractivity contribution in [1.82, 2.24) is 15.1 Å². The summed E-state index contributed by atoms with van der Waals surface area (Å²) in [5, 5.41) is 3.71. The first-order valence-electron chi connectivity index (χ1n) is 8.90. The number of carbonyl (C=O) groups excluding carboxylic acids is 1. The fourth-order valence-corrected chi connectivity index (χ4v) is 4.20. The lowest BCUT2D eigenvalue weighted by Gasteiger charge is -2.30. The maximum atomic E-state index is 13.0. The Morgan fingerprint density at radius 1 is 1.33 bits per heavy atom. The molecule has 3 fully saturated rings. The van der Waals surface area contributed by atoms with Gasteiger partial charge in [-0.1, -0.05) is 33.6 Å². The quantitative estimate of drug-likeness (QED) is 0.815. The number of rotatable bonds is 6. The molecule has 0 aromatic heterocycles. The molecular weight excluding hydrogens is 262 g/mol. The Hall–Kier alpha value is -0.610. The predicted molar refractivity (Wildman–Crippen MR) is 84.9 cm³/mol. The van der Waals surface area contributed by atoms with E-state index in [1.54, 1.807) is 0 Å². The van der Waals surface area contributed by atoms with Gasteiger partial charge in [0.2, 0.25) is 5.91 Å². The number of hydrogen-bond acceptors (Lipinski definition) is 3. The van der Waals surface area contributed by atoms with E-state index in [2.05, 4.69) is 35.9 Å². The third-order valence-electron chi connectivity index (χ3n) is 5.62. The van der Waals surface area contributed by atoms with E-state index in [9.17, 15) is 4.79 Å². The highest BCUT2D eigenvalue weighted by Gasteiger charge is 2.52. The van der Waals surface area contributed by atoms with Crippen LogP contribution in [0.1, 0.15) is 59.3 Å². The highest BCUT2D eigenvalue weighted by molar-refractivity contribution is 5.89. The molecule has 1 spiro atoms. The predicted octanol–water partition coefficient (Wildman–Crippen LogP) is 2.20. The van der Waals surface area contributed by atoms with Crippen LogP contribution in [0.3, 0.4) is 0 Å². The lowest BCUT2D eigenvalue weighted by atomic mass is 9.98. The van der Waals surface area contributed by atoms with Crippen molar-refractivity contribution in [2.24, 2.45) is 5.92 Å². The van der Waals surface area contributed by atoms with Crippen LogP contribution in [0.4, 0.5) is 0 Å². The Morgan fingerprint density at radius 2 is 2.00 bits per heavy atom. The highest BCUT2D eigenvalue weighted by atomic mass is 16.2. The number of likely N-dealkylation sites (N-methyl/N-ethyl adjacent to an activating group) is 1. The van der Waals surface area contributed by atoms with Crippen molar-refractivity contribution < 1.29 is 4.79 Å². The van der Waals surface area contributed by atoms with Gasteiger partial charge in [-0.15, -0.1) is 0 Å². The number of nitrogens with zero attached hydrogens (tertiary/aromatic N) is 2. The number of amides is 1. The minimum Gasteiger partial charge on any atom is -0.324 e. The van der Waals surface area contributed by atoms with E-state index in [0.717, 1.165) is 38.5 Å². The van der Waals surface area contributed by atoms with E-state index >= 15 is 0 Å². The summed E-state index contributed by atoms with van der Waals surface area (Å²) < 4.78 is 0. The number of nitrogens with one attached hydrogen (secondary N) is 1. The van der Waals surface area contributed by atoms with Crippen molar-refractivity contribution in [2.45, 2.75) is 77.0 Å². The summed E-state index contributed by atoms with van der Waals surface area (Å²) >= 11 is 0. The monoisotopic (exact) mass is 293 g/mol. The van der Waals surface area contributed by atoms with Gasteiger partial charge >= 0.3 is 0 Å². The molecule has 0 bridgehead atoms.